The molecule has 1 aliphatic heterocycles. The van der Waals surface area contributed by atoms with Crippen LogP contribution in [0.5, 0.6) is 0 Å². The van der Waals surface area contributed by atoms with Crippen LogP contribution >= 0.6 is 0 Å². The number of carbonyl (C=O) groups excluding carboxylic acids is 3. The van der Waals surface area contributed by atoms with Crippen molar-refractivity contribution in [2.75, 3.05) is 39.3 Å². The van der Waals surface area contributed by atoms with Gasteiger partial charge in [-0.2, -0.15) is 0 Å². The minimum atomic E-state index is -0.350. The Labute approximate surface area is 141 Å². The molecule has 0 saturated carbocycles. The molecule has 0 atom stereocenters. The summed E-state index contributed by atoms with van der Waals surface area (Å²) in [6, 6.07) is 7.20. The monoisotopic (exact) mass is 333 g/mol. The fourth-order valence-electron chi connectivity index (χ4n) is 2.51. The van der Waals surface area contributed by atoms with Gasteiger partial charge in [-0.25, -0.2) is 4.79 Å². The van der Waals surface area contributed by atoms with Gasteiger partial charge in [0, 0.05) is 31.7 Å². The van der Waals surface area contributed by atoms with E-state index in [0.717, 1.165) is 5.56 Å². The van der Waals surface area contributed by atoms with Crippen LogP contribution in [0.2, 0.25) is 0 Å². The average Bonchev–Trinajstić information content (AvgIpc) is 2.59. The van der Waals surface area contributed by atoms with Crippen LogP contribution in [0.1, 0.15) is 22.8 Å². The van der Waals surface area contributed by atoms with Gasteiger partial charge in [-0.15, -0.1) is 0 Å². The summed E-state index contributed by atoms with van der Waals surface area (Å²) in [6.07, 6.45) is -0.350. The molecule has 0 bridgehead atoms. The fraction of sp³-hybridized carbons (Fsp3) is 0.471. The molecular weight excluding hydrogens is 310 g/mol. The molecule has 1 fully saturated rings. The lowest BCUT2D eigenvalue weighted by Crippen LogP contribution is -2.52. The van der Waals surface area contributed by atoms with Gasteiger partial charge in [-0.3, -0.25) is 9.59 Å². The van der Waals surface area contributed by atoms with E-state index < -0.39 is 0 Å². The molecule has 1 saturated heterocycles. The quantitative estimate of drug-likeness (QED) is 0.892. The second-order valence-corrected chi connectivity index (χ2v) is 5.62. The second-order valence-electron chi connectivity index (χ2n) is 5.62. The number of carbonyl (C=O) groups is 3. The van der Waals surface area contributed by atoms with Crippen molar-refractivity contribution in [2.24, 2.45) is 0 Å². The van der Waals surface area contributed by atoms with Crippen molar-refractivity contribution < 1.29 is 19.1 Å². The molecule has 130 valence electrons. The molecule has 1 N–H and O–H groups in total. The van der Waals surface area contributed by atoms with Gasteiger partial charge in [0.05, 0.1) is 13.2 Å². The molecule has 0 radical (unpaired) electrons. The van der Waals surface area contributed by atoms with Crippen LogP contribution in [0.4, 0.5) is 4.79 Å². The molecule has 7 heteroatoms. The summed E-state index contributed by atoms with van der Waals surface area (Å²) in [5, 5.41) is 2.64. The first-order valence-electron chi connectivity index (χ1n) is 8.05. The molecule has 7 nitrogen and oxygen atoms in total. The molecule has 0 unspecified atom stereocenters. The number of hydrogen-bond donors (Lipinski definition) is 1. The topological polar surface area (TPSA) is 79.0 Å². The van der Waals surface area contributed by atoms with Gasteiger partial charge in [0.15, 0.2) is 0 Å². The van der Waals surface area contributed by atoms with Crippen LogP contribution in [0.15, 0.2) is 24.3 Å². The maximum atomic E-state index is 12.2. The highest BCUT2D eigenvalue weighted by molar-refractivity contribution is 5.96. The van der Waals surface area contributed by atoms with Crippen molar-refractivity contribution in [2.45, 2.75) is 13.8 Å². The molecule has 1 heterocycles. The zero-order chi connectivity index (χ0) is 17.5. The SMILES string of the molecule is CCOC(=O)N1CCN(C(=O)CNC(=O)c2cccc(C)c2)CC1. The fourth-order valence-corrected chi connectivity index (χ4v) is 2.51. The number of piperazine rings is 1. The summed E-state index contributed by atoms with van der Waals surface area (Å²) in [4.78, 5) is 39.1. The first-order chi connectivity index (χ1) is 11.5. The Hall–Kier alpha value is -2.57. The Morgan fingerprint density at radius 3 is 2.42 bits per heavy atom. The number of nitrogens with zero attached hydrogens (tertiary/aromatic N) is 2. The van der Waals surface area contributed by atoms with E-state index in [9.17, 15) is 14.4 Å². The van der Waals surface area contributed by atoms with Gasteiger partial charge in [0.1, 0.15) is 0 Å². The van der Waals surface area contributed by atoms with Gasteiger partial charge in [0.25, 0.3) is 5.91 Å². The summed E-state index contributed by atoms with van der Waals surface area (Å²) in [5.41, 5.74) is 1.53. The van der Waals surface area contributed by atoms with Gasteiger partial charge < -0.3 is 19.9 Å². The van der Waals surface area contributed by atoms with Gasteiger partial charge in [0.2, 0.25) is 5.91 Å². The zero-order valence-electron chi connectivity index (χ0n) is 14.1. The predicted molar refractivity (Wildman–Crippen MR) is 88.7 cm³/mol. The number of aryl methyl sites for hydroxylation is 1. The van der Waals surface area contributed by atoms with Crippen LogP contribution < -0.4 is 5.32 Å². The number of nitrogens with one attached hydrogen (secondary N) is 1. The van der Waals surface area contributed by atoms with E-state index in [2.05, 4.69) is 5.32 Å². The smallest absolute Gasteiger partial charge is 0.409 e. The van der Waals surface area contributed by atoms with E-state index in [1.807, 2.05) is 13.0 Å². The highest BCUT2D eigenvalue weighted by Crippen LogP contribution is 2.05. The average molecular weight is 333 g/mol. The Morgan fingerprint density at radius 2 is 1.79 bits per heavy atom. The van der Waals surface area contributed by atoms with Gasteiger partial charge >= 0.3 is 6.09 Å². The maximum absolute atomic E-state index is 12.2. The number of rotatable bonds is 4. The van der Waals surface area contributed by atoms with Gasteiger partial charge in [-0.05, 0) is 26.0 Å². The summed E-state index contributed by atoms with van der Waals surface area (Å²) in [7, 11) is 0. The predicted octanol–water partition coefficient (Wildman–Crippen LogP) is 1.03. The van der Waals surface area contributed by atoms with E-state index in [4.69, 9.17) is 4.74 Å². The van der Waals surface area contributed by atoms with Crippen molar-refractivity contribution in [1.82, 2.24) is 15.1 Å². The summed E-state index contributed by atoms with van der Waals surface area (Å²) < 4.78 is 4.94. The first kappa shape index (κ1) is 17.8. The minimum absolute atomic E-state index is 0.0494. The van der Waals surface area contributed by atoms with E-state index >= 15 is 0 Å². The standard InChI is InChI=1S/C17H23N3O4/c1-3-24-17(23)20-9-7-19(8-10-20)15(21)12-18-16(22)14-6-4-5-13(2)11-14/h4-6,11H,3,7-10,12H2,1-2H3,(H,18,22). The molecule has 1 aliphatic rings. The molecule has 0 spiro atoms. The maximum Gasteiger partial charge on any atom is 0.409 e. The van der Waals surface area contributed by atoms with Crippen molar-refractivity contribution in [1.29, 1.82) is 0 Å². The van der Waals surface area contributed by atoms with Crippen molar-refractivity contribution in [3.05, 3.63) is 35.4 Å². The molecule has 1 aromatic carbocycles. The largest absolute Gasteiger partial charge is 0.450 e. The van der Waals surface area contributed by atoms with Gasteiger partial charge in [-0.1, -0.05) is 17.7 Å². The van der Waals surface area contributed by atoms with Crippen LogP contribution in [0.25, 0.3) is 0 Å². The molecule has 0 aliphatic carbocycles. The summed E-state index contributed by atoms with van der Waals surface area (Å²) >= 11 is 0. The number of ether oxygens (including phenoxy) is 1. The van der Waals surface area contributed by atoms with E-state index in [1.54, 1.807) is 34.9 Å². The van der Waals surface area contributed by atoms with Crippen LogP contribution in [-0.2, 0) is 9.53 Å². The number of hydrogen-bond acceptors (Lipinski definition) is 4. The highest BCUT2D eigenvalue weighted by Gasteiger charge is 2.24. The van der Waals surface area contributed by atoms with E-state index in [-0.39, 0.29) is 24.5 Å². The Balaban J connectivity index is 1.77. The third-order valence-corrected chi connectivity index (χ3v) is 3.84. The molecule has 1 aromatic rings. The summed E-state index contributed by atoms with van der Waals surface area (Å²) in [5.74, 6) is -0.420. The van der Waals surface area contributed by atoms with E-state index in [1.165, 1.54) is 0 Å². The van der Waals surface area contributed by atoms with Crippen molar-refractivity contribution in [3.8, 4) is 0 Å². The van der Waals surface area contributed by atoms with Crippen molar-refractivity contribution >= 4 is 17.9 Å². The number of amides is 3. The molecule has 2 rings (SSSR count). The summed E-state index contributed by atoms with van der Waals surface area (Å²) in [6.45, 7) is 5.72. The third-order valence-electron chi connectivity index (χ3n) is 3.84. The molecule has 24 heavy (non-hydrogen) atoms. The van der Waals surface area contributed by atoms with Crippen LogP contribution in [0.3, 0.4) is 0 Å². The second kappa shape index (κ2) is 8.33. The molecule has 3 amide bonds. The minimum Gasteiger partial charge on any atom is -0.450 e. The lowest BCUT2D eigenvalue weighted by molar-refractivity contribution is -0.131. The van der Waals surface area contributed by atoms with Crippen LogP contribution in [-0.4, -0.2) is 67.0 Å². The Kier molecular flexibility index (Phi) is 6.17. The van der Waals surface area contributed by atoms with Crippen molar-refractivity contribution in [3.63, 3.8) is 0 Å². The number of benzene rings is 1. The first-order valence-corrected chi connectivity index (χ1v) is 8.05. The van der Waals surface area contributed by atoms with E-state index in [0.29, 0.717) is 38.3 Å². The highest BCUT2D eigenvalue weighted by atomic mass is 16.6. The Bertz CT molecular complexity index is 610. The molecule has 0 aromatic heterocycles. The normalized spacial score (nSPS) is 14.2. The third kappa shape index (κ3) is 4.71. The lowest BCUT2D eigenvalue weighted by Gasteiger charge is -2.34. The Morgan fingerprint density at radius 1 is 1.12 bits per heavy atom. The molecular formula is C17H23N3O4. The zero-order valence-corrected chi connectivity index (χ0v) is 14.1. The lowest BCUT2D eigenvalue weighted by atomic mass is 10.1. The van der Waals surface area contributed by atoms with Crippen LogP contribution in [0, 0.1) is 6.92 Å².